The normalized spacial score (nSPS) is 16.1. The number of benzene rings is 1. The van der Waals surface area contributed by atoms with Crippen molar-refractivity contribution in [3.05, 3.63) is 23.8 Å². The van der Waals surface area contributed by atoms with E-state index in [2.05, 4.69) is 15.0 Å². The van der Waals surface area contributed by atoms with E-state index in [0.717, 1.165) is 37.4 Å². The summed E-state index contributed by atoms with van der Waals surface area (Å²) in [6.45, 7) is 4.77. The van der Waals surface area contributed by atoms with Gasteiger partial charge in [-0.2, -0.15) is 0 Å². The fourth-order valence-corrected chi connectivity index (χ4v) is 2.21. The summed E-state index contributed by atoms with van der Waals surface area (Å²) >= 11 is 0. The summed E-state index contributed by atoms with van der Waals surface area (Å²) in [6.07, 6.45) is -4.61. The zero-order chi connectivity index (χ0) is 15.3. The van der Waals surface area contributed by atoms with Crippen LogP contribution < -0.4 is 15.0 Å². The van der Waals surface area contributed by atoms with E-state index < -0.39 is 13.0 Å². The molecule has 7 heteroatoms. The molecule has 0 atom stereocenters. The lowest BCUT2D eigenvalue weighted by molar-refractivity contribution is -0.325. The number of alkyl halides is 3. The summed E-state index contributed by atoms with van der Waals surface area (Å²) in [7, 11) is 0. The lowest BCUT2D eigenvalue weighted by Gasteiger charge is -2.31. The summed E-state index contributed by atoms with van der Waals surface area (Å²) in [4.78, 5) is 2.17. The number of rotatable bonds is 5. The molecule has 1 N–H and O–H groups in total. The first kappa shape index (κ1) is 15.9. The van der Waals surface area contributed by atoms with Crippen LogP contribution in [0.5, 0.6) is 5.75 Å². The third-order valence-electron chi connectivity index (χ3n) is 3.18. The number of aryl methyl sites for hydroxylation is 1. The van der Waals surface area contributed by atoms with E-state index >= 15 is 0 Å². The maximum absolute atomic E-state index is 11.9. The van der Waals surface area contributed by atoms with Gasteiger partial charge in [0.2, 0.25) is 0 Å². The monoisotopic (exact) mass is 304 g/mol. The molecule has 0 bridgehead atoms. The van der Waals surface area contributed by atoms with E-state index in [9.17, 15) is 13.2 Å². The third kappa shape index (κ3) is 5.09. The van der Waals surface area contributed by atoms with Crippen molar-refractivity contribution in [3.8, 4) is 5.75 Å². The fourth-order valence-electron chi connectivity index (χ4n) is 2.21. The molecule has 1 fully saturated rings. The number of ether oxygens (including phenoxy) is 2. The second-order valence-electron chi connectivity index (χ2n) is 4.85. The van der Waals surface area contributed by atoms with Gasteiger partial charge in [0.1, 0.15) is 12.4 Å². The fraction of sp³-hybridized carbons (Fsp3) is 0.571. The van der Waals surface area contributed by atoms with Crippen molar-refractivity contribution >= 4 is 5.69 Å². The highest BCUT2D eigenvalue weighted by Crippen LogP contribution is 2.30. The molecule has 118 valence electrons. The standard InChI is InChI=1S/C14H19F3N2O2/c1-11-2-3-13(20-8-9-21-14(15,16)17)12(10-11)19-6-4-18-5-7-19/h2-3,10,18H,4-9H2,1H3. The Labute approximate surface area is 121 Å². The van der Waals surface area contributed by atoms with Crippen molar-refractivity contribution in [2.75, 3.05) is 44.3 Å². The Morgan fingerprint density at radius 2 is 1.90 bits per heavy atom. The van der Waals surface area contributed by atoms with Crippen molar-refractivity contribution in [2.45, 2.75) is 13.3 Å². The summed E-state index contributed by atoms with van der Waals surface area (Å²) in [5.74, 6) is 0.591. The van der Waals surface area contributed by atoms with Gasteiger partial charge in [-0.3, -0.25) is 4.74 Å². The number of hydrogen-bond acceptors (Lipinski definition) is 4. The average Bonchev–Trinajstić information content (AvgIpc) is 2.45. The Morgan fingerprint density at radius 1 is 1.19 bits per heavy atom. The molecular weight excluding hydrogens is 285 g/mol. The van der Waals surface area contributed by atoms with Gasteiger partial charge in [-0.15, -0.1) is 13.2 Å². The number of halogens is 3. The number of hydrogen-bond donors (Lipinski definition) is 1. The molecule has 1 saturated heterocycles. The first-order chi connectivity index (χ1) is 9.96. The molecular formula is C14H19F3N2O2. The van der Waals surface area contributed by atoms with Crippen molar-refractivity contribution in [1.82, 2.24) is 5.32 Å². The van der Waals surface area contributed by atoms with E-state index in [4.69, 9.17) is 4.74 Å². The highest BCUT2D eigenvalue weighted by atomic mass is 19.4. The Kier molecular flexibility index (Phi) is 5.30. The minimum Gasteiger partial charge on any atom is -0.489 e. The van der Waals surface area contributed by atoms with Gasteiger partial charge in [0.25, 0.3) is 0 Å². The van der Waals surface area contributed by atoms with Crippen LogP contribution in [0, 0.1) is 6.92 Å². The summed E-state index contributed by atoms with van der Waals surface area (Å²) < 4.78 is 44.9. The zero-order valence-electron chi connectivity index (χ0n) is 11.9. The molecule has 0 aromatic heterocycles. The van der Waals surface area contributed by atoms with Gasteiger partial charge in [0.15, 0.2) is 0 Å². The Balaban J connectivity index is 1.98. The van der Waals surface area contributed by atoms with Crippen molar-refractivity contribution < 1.29 is 22.6 Å². The number of nitrogens with one attached hydrogen (secondary N) is 1. The van der Waals surface area contributed by atoms with Crippen molar-refractivity contribution in [2.24, 2.45) is 0 Å². The molecule has 1 aromatic carbocycles. The molecule has 21 heavy (non-hydrogen) atoms. The molecule has 1 aliphatic heterocycles. The zero-order valence-corrected chi connectivity index (χ0v) is 11.9. The Morgan fingerprint density at radius 3 is 2.57 bits per heavy atom. The molecule has 2 rings (SSSR count). The van der Waals surface area contributed by atoms with Crippen LogP contribution >= 0.6 is 0 Å². The molecule has 0 amide bonds. The van der Waals surface area contributed by atoms with Crippen LogP contribution in [-0.2, 0) is 4.74 Å². The maximum atomic E-state index is 11.9. The predicted molar refractivity (Wildman–Crippen MR) is 73.8 cm³/mol. The highest BCUT2D eigenvalue weighted by Gasteiger charge is 2.28. The SMILES string of the molecule is Cc1ccc(OCCOC(F)(F)F)c(N2CCNCC2)c1. The third-order valence-corrected chi connectivity index (χ3v) is 3.18. The van der Waals surface area contributed by atoms with Crippen LogP contribution in [0.25, 0.3) is 0 Å². The van der Waals surface area contributed by atoms with E-state index in [1.807, 2.05) is 19.1 Å². The smallest absolute Gasteiger partial charge is 0.489 e. The van der Waals surface area contributed by atoms with Crippen LogP contribution in [0.1, 0.15) is 5.56 Å². The molecule has 1 aromatic rings. The van der Waals surface area contributed by atoms with Gasteiger partial charge in [-0.25, -0.2) is 0 Å². The average molecular weight is 304 g/mol. The second-order valence-corrected chi connectivity index (χ2v) is 4.85. The Hall–Kier alpha value is -1.47. The van der Waals surface area contributed by atoms with Crippen LogP contribution in [-0.4, -0.2) is 45.8 Å². The molecule has 4 nitrogen and oxygen atoms in total. The van der Waals surface area contributed by atoms with E-state index in [1.54, 1.807) is 6.07 Å². The Bertz CT molecular complexity index is 460. The summed E-state index contributed by atoms with van der Waals surface area (Å²) in [6, 6.07) is 5.66. The minimum absolute atomic E-state index is 0.137. The summed E-state index contributed by atoms with van der Waals surface area (Å²) in [5.41, 5.74) is 2.01. The first-order valence-corrected chi connectivity index (χ1v) is 6.85. The molecule has 0 unspecified atom stereocenters. The molecule has 0 radical (unpaired) electrons. The second kappa shape index (κ2) is 7.00. The van der Waals surface area contributed by atoms with Gasteiger partial charge in [0.05, 0.1) is 12.3 Å². The van der Waals surface area contributed by atoms with E-state index in [-0.39, 0.29) is 6.61 Å². The number of piperazine rings is 1. The molecule has 0 aliphatic carbocycles. The van der Waals surface area contributed by atoms with Crippen LogP contribution in [0.15, 0.2) is 18.2 Å². The van der Waals surface area contributed by atoms with Gasteiger partial charge in [-0.1, -0.05) is 6.07 Å². The molecule has 1 aliphatic rings. The van der Waals surface area contributed by atoms with Crippen LogP contribution in [0.4, 0.5) is 18.9 Å². The number of anilines is 1. The van der Waals surface area contributed by atoms with Gasteiger partial charge >= 0.3 is 6.36 Å². The van der Waals surface area contributed by atoms with E-state index in [0.29, 0.717) is 5.75 Å². The minimum atomic E-state index is -4.61. The topological polar surface area (TPSA) is 33.7 Å². The highest BCUT2D eigenvalue weighted by molar-refractivity contribution is 5.60. The maximum Gasteiger partial charge on any atom is 0.522 e. The van der Waals surface area contributed by atoms with Gasteiger partial charge in [0, 0.05) is 26.2 Å². The lowest BCUT2D eigenvalue weighted by Crippen LogP contribution is -2.43. The van der Waals surface area contributed by atoms with Gasteiger partial charge < -0.3 is 15.0 Å². The van der Waals surface area contributed by atoms with Crippen molar-refractivity contribution in [1.29, 1.82) is 0 Å². The lowest BCUT2D eigenvalue weighted by atomic mass is 10.1. The largest absolute Gasteiger partial charge is 0.522 e. The summed E-state index contributed by atoms with van der Waals surface area (Å²) in [5, 5.41) is 3.26. The first-order valence-electron chi connectivity index (χ1n) is 6.85. The van der Waals surface area contributed by atoms with E-state index in [1.165, 1.54) is 0 Å². The van der Waals surface area contributed by atoms with Crippen LogP contribution in [0.2, 0.25) is 0 Å². The molecule has 0 saturated carbocycles. The van der Waals surface area contributed by atoms with Gasteiger partial charge in [-0.05, 0) is 24.6 Å². The molecule has 0 spiro atoms. The quantitative estimate of drug-likeness (QED) is 0.847. The van der Waals surface area contributed by atoms with Crippen molar-refractivity contribution in [3.63, 3.8) is 0 Å². The van der Waals surface area contributed by atoms with Crippen LogP contribution in [0.3, 0.4) is 0 Å². The molecule has 1 heterocycles. The predicted octanol–water partition coefficient (Wildman–Crippen LogP) is 2.32. The number of nitrogens with zero attached hydrogens (tertiary/aromatic N) is 1.